The molecule has 1 saturated heterocycles. The van der Waals surface area contributed by atoms with Gasteiger partial charge < -0.3 is 14.6 Å². The molecule has 5 rings (SSSR count). The van der Waals surface area contributed by atoms with Crippen molar-refractivity contribution in [2.45, 2.75) is 75.1 Å². The van der Waals surface area contributed by atoms with Gasteiger partial charge in [0.05, 0.1) is 15.9 Å². The molecule has 1 saturated carbocycles. The van der Waals surface area contributed by atoms with Crippen LogP contribution in [0.1, 0.15) is 85.1 Å². The first kappa shape index (κ1) is 27.8. The lowest BCUT2D eigenvalue weighted by molar-refractivity contribution is 0.0948. The van der Waals surface area contributed by atoms with Gasteiger partial charge in [0, 0.05) is 50.9 Å². The van der Waals surface area contributed by atoms with Crippen LogP contribution in [0, 0.1) is 6.92 Å². The Hall–Kier alpha value is -2.75. The molecule has 2 fully saturated rings. The number of rotatable bonds is 9. The second kappa shape index (κ2) is 12.2. The van der Waals surface area contributed by atoms with Crippen LogP contribution in [0.25, 0.3) is 11.0 Å². The van der Waals surface area contributed by atoms with Crippen LogP contribution < -0.4 is 5.32 Å². The highest BCUT2D eigenvalue weighted by atomic mass is 32.2. The molecule has 1 aromatic heterocycles. The molecule has 0 radical (unpaired) electrons. The quantitative estimate of drug-likeness (QED) is 0.369. The van der Waals surface area contributed by atoms with Gasteiger partial charge in [-0.2, -0.15) is 4.31 Å². The molecule has 3 aromatic rings. The van der Waals surface area contributed by atoms with Crippen LogP contribution >= 0.6 is 0 Å². The van der Waals surface area contributed by atoms with Gasteiger partial charge in [-0.3, -0.25) is 4.79 Å². The highest BCUT2D eigenvalue weighted by Crippen LogP contribution is 2.38. The first-order valence-corrected chi connectivity index (χ1v) is 15.7. The monoisotopic (exact) mass is 552 g/mol. The number of ether oxygens (including phenoxy) is 1. The lowest BCUT2D eigenvalue weighted by Gasteiger charge is -2.33. The minimum Gasteiger partial charge on any atom is -0.385 e. The number of hydrogen-bond acceptors (Lipinski definition) is 5. The average Bonchev–Trinajstić information content (AvgIpc) is 3.35. The number of aromatic nitrogens is 2. The maximum Gasteiger partial charge on any atom is 0.251 e. The number of carbonyl (C=O) groups excluding carboxylic acids is 1. The van der Waals surface area contributed by atoms with Crippen molar-refractivity contribution < 1.29 is 17.9 Å². The number of carbonyl (C=O) groups is 1. The maximum absolute atomic E-state index is 13.3. The van der Waals surface area contributed by atoms with Gasteiger partial charge in [0.15, 0.2) is 0 Å². The summed E-state index contributed by atoms with van der Waals surface area (Å²) >= 11 is 0. The molecule has 39 heavy (non-hydrogen) atoms. The Balaban J connectivity index is 1.38. The molecular formula is C30H40N4O4S. The fourth-order valence-electron chi connectivity index (χ4n) is 6.00. The number of amides is 1. The molecule has 1 amide bonds. The molecule has 0 spiro atoms. The summed E-state index contributed by atoms with van der Waals surface area (Å²) in [4.78, 5) is 18.2. The largest absolute Gasteiger partial charge is 0.385 e. The van der Waals surface area contributed by atoms with E-state index in [1.54, 1.807) is 23.5 Å². The molecule has 9 heteroatoms. The van der Waals surface area contributed by atoms with Crippen LogP contribution in [0.15, 0.2) is 47.4 Å². The first-order chi connectivity index (χ1) is 18.9. The van der Waals surface area contributed by atoms with Gasteiger partial charge in [0.2, 0.25) is 10.0 Å². The Bertz CT molecular complexity index is 1390. The fraction of sp³-hybridized carbons (Fsp3) is 0.533. The van der Waals surface area contributed by atoms with Gasteiger partial charge in [-0.15, -0.1) is 0 Å². The van der Waals surface area contributed by atoms with E-state index in [0.717, 1.165) is 54.5 Å². The van der Waals surface area contributed by atoms with E-state index < -0.39 is 10.0 Å². The van der Waals surface area contributed by atoms with Gasteiger partial charge in [-0.1, -0.05) is 37.0 Å². The number of hydrogen-bond donors (Lipinski definition) is 1. The van der Waals surface area contributed by atoms with E-state index in [-0.39, 0.29) is 11.8 Å². The fourth-order valence-corrected chi connectivity index (χ4v) is 7.47. The predicted octanol–water partition coefficient (Wildman–Crippen LogP) is 5.18. The van der Waals surface area contributed by atoms with Crippen LogP contribution in [0.3, 0.4) is 0 Å². The molecular weight excluding hydrogens is 512 g/mol. The first-order valence-electron chi connectivity index (χ1n) is 14.2. The van der Waals surface area contributed by atoms with E-state index in [1.165, 1.54) is 19.3 Å². The van der Waals surface area contributed by atoms with Crippen LogP contribution in [0.2, 0.25) is 0 Å². The summed E-state index contributed by atoms with van der Waals surface area (Å²) in [6.07, 6.45) is 8.16. The zero-order chi connectivity index (χ0) is 27.4. The second-order valence-electron chi connectivity index (χ2n) is 10.9. The van der Waals surface area contributed by atoms with Crippen molar-refractivity contribution in [1.82, 2.24) is 19.2 Å². The highest BCUT2D eigenvalue weighted by Gasteiger charge is 2.33. The zero-order valence-electron chi connectivity index (χ0n) is 23.1. The molecule has 2 aliphatic rings. The summed E-state index contributed by atoms with van der Waals surface area (Å²) in [6, 6.07) is 13.3. The van der Waals surface area contributed by atoms with Gasteiger partial charge >= 0.3 is 0 Å². The number of piperidine rings is 1. The summed E-state index contributed by atoms with van der Waals surface area (Å²) in [5.74, 6) is 1.12. The number of imidazole rings is 1. The third kappa shape index (κ3) is 6.05. The van der Waals surface area contributed by atoms with Gasteiger partial charge in [-0.05, 0) is 69.4 Å². The van der Waals surface area contributed by atoms with Gasteiger partial charge in [0.25, 0.3) is 5.91 Å². The predicted molar refractivity (Wildman–Crippen MR) is 153 cm³/mol. The Morgan fingerprint density at radius 1 is 1.03 bits per heavy atom. The number of nitrogens with zero attached hydrogens (tertiary/aromatic N) is 3. The summed E-state index contributed by atoms with van der Waals surface area (Å²) in [7, 11) is -1.86. The second-order valence-corrected chi connectivity index (χ2v) is 12.9. The third-order valence-corrected chi connectivity index (χ3v) is 10.1. The number of fused-ring (bicyclic) bond motifs is 1. The Labute approximate surface area is 231 Å². The molecule has 210 valence electrons. The van der Waals surface area contributed by atoms with Crippen LogP contribution in [-0.4, -0.2) is 61.5 Å². The summed E-state index contributed by atoms with van der Waals surface area (Å²) in [6.45, 7) is 4.09. The van der Waals surface area contributed by atoms with E-state index in [9.17, 15) is 13.2 Å². The number of methoxy groups -OCH3 is 1. The highest BCUT2D eigenvalue weighted by molar-refractivity contribution is 7.89. The number of sulfonamides is 1. The minimum absolute atomic E-state index is 0.101. The molecule has 1 aliphatic carbocycles. The van der Waals surface area contributed by atoms with Crippen molar-refractivity contribution >= 4 is 27.0 Å². The van der Waals surface area contributed by atoms with Crippen molar-refractivity contribution in [2.75, 3.05) is 33.4 Å². The smallest absolute Gasteiger partial charge is 0.251 e. The molecule has 2 aromatic carbocycles. The van der Waals surface area contributed by atoms with Crippen molar-refractivity contribution in [2.24, 2.45) is 0 Å². The van der Waals surface area contributed by atoms with Gasteiger partial charge in [-0.25, -0.2) is 13.4 Å². The van der Waals surface area contributed by atoms with Crippen LogP contribution in [0.5, 0.6) is 0 Å². The normalized spacial score (nSPS) is 18.0. The molecule has 1 N–H and O–H groups in total. The topological polar surface area (TPSA) is 93.5 Å². The van der Waals surface area contributed by atoms with Gasteiger partial charge in [0.1, 0.15) is 5.82 Å². The van der Waals surface area contributed by atoms with Crippen LogP contribution in [-0.2, 0) is 14.8 Å². The third-order valence-electron chi connectivity index (χ3n) is 8.21. The Morgan fingerprint density at radius 2 is 1.74 bits per heavy atom. The Morgan fingerprint density at radius 3 is 2.44 bits per heavy atom. The average molecular weight is 553 g/mol. The standard InChI is InChI=1S/C30H40N4O4S/c1-22-9-12-26(13-10-22)39(36,37)33-18-15-23(16-19-33)29-32-27-21-24(30(35)31-17-6-20-38-2)11-14-28(27)34(29)25-7-4-3-5-8-25/h9-14,21,23,25H,3-8,15-20H2,1-2H3,(H,31,35). The van der Waals surface area contributed by atoms with Crippen molar-refractivity contribution in [3.63, 3.8) is 0 Å². The van der Waals surface area contributed by atoms with E-state index in [4.69, 9.17) is 9.72 Å². The maximum atomic E-state index is 13.3. The molecule has 0 atom stereocenters. The Kier molecular flexibility index (Phi) is 8.69. The van der Waals surface area contributed by atoms with E-state index in [1.807, 2.05) is 37.3 Å². The zero-order valence-corrected chi connectivity index (χ0v) is 23.9. The lowest BCUT2D eigenvalue weighted by atomic mass is 9.93. The summed E-state index contributed by atoms with van der Waals surface area (Å²) in [5.41, 5.74) is 3.57. The van der Waals surface area contributed by atoms with E-state index in [0.29, 0.717) is 42.7 Å². The summed E-state index contributed by atoms with van der Waals surface area (Å²) < 4.78 is 35.6. The van der Waals surface area contributed by atoms with Crippen molar-refractivity contribution in [3.05, 3.63) is 59.4 Å². The molecule has 1 aliphatic heterocycles. The van der Waals surface area contributed by atoms with Crippen LogP contribution in [0.4, 0.5) is 0 Å². The lowest BCUT2D eigenvalue weighted by Crippen LogP contribution is -2.38. The molecule has 0 bridgehead atoms. The number of aryl methyl sites for hydroxylation is 1. The van der Waals surface area contributed by atoms with Crippen molar-refractivity contribution in [1.29, 1.82) is 0 Å². The van der Waals surface area contributed by atoms with Crippen molar-refractivity contribution in [3.8, 4) is 0 Å². The van der Waals surface area contributed by atoms with E-state index in [2.05, 4.69) is 9.88 Å². The molecule has 0 unspecified atom stereocenters. The number of nitrogens with one attached hydrogen (secondary N) is 1. The minimum atomic E-state index is -3.51. The summed E-state index contributed by atoms with van der Waals surface area (Å²) in [5, 5.41) is 2.97. The van der Waals surface area contributed by atoms with E-state index >= 15 is 0 Å². The molecule has 2 heterocycles. The number of benzene rings is 2. The SMILES string of the molecule is COCCCNC(=O)c1ccc2c(c1)nc(C1CCN(S(=O)(=O)c3ccc(C)cc3)CC1)n2C1CCCCC1. The molecule has 8 nitrogen and oxygen atoms in total.